The summed E-state index contributed by atoms with van der Waals surface area (Å²) in [6.45, 7) is 12.3. The number of allylic oxidation sites excluding steroid dienone is 6. The van der Waals surface area contributed by atoms with E-state index in [1.54, 1.807) is 6.92 Å². The number of ketones is 1. The van der Waals surface area contributed by atoms with Gasteiger partial charge >= 0.3 is 5.97 Å². The smallest absolute Gasteiger partial charge is 0.346 e. The summed E-state index contributed by atoms with van der Waals surface area (Å²) in [4.78, 5) is 28.1. The van der Waals surface area contributed by atoms with Crippen LogP contribution < -0.4 is 0 Å². The number of rotatable bonds is 2. The second kappa shape index (κ2) is 8.97. The van der Waals surface area contributed by atoms with Crippen molar-refractivity contribution in [1.29, 1.82) is 0 Å². The van der Waals surface area contributed by atoms with Gasteiger partial charge in [0.2, 0.25) is 5.78 Å². The molecule has 5 heteroatoms. The van der Waals surface area contributed by atoms with Crippen molar-refractivity contribution in [1.82, 2.24) is 0 Å². The number of hydrogen-bond donors (Lipinski definition) is 2. The lowest BCUT2D eigenvalue weighted by Crippen LogP contribution is -2.54. The van der Waals surface area contributed by atoms with Gasteiger partial charge in [0, 0.05) is 17.3 Å². The quantitative estimate of drug-likeness (QED) is 0.262. The minimum Gasteiger partial charge on any atom is -0.511 e. The van der Waals surface area contributed by atoms with Crippen molar-refractivity contribution in [3.63, 3.8) is 0 Å². The molecule has 2 fully saturated rings. The standard InChI is InChI=1S/C32H44O5/c1-18-9-11-25-22(14-18)10-12-24-19(2)8-7-13-30(5)16-20(3)23(15-21(4)33)17-32(30)28(35)26(29(36)37-32)27(34)31(24,25)6/h7-8,10,12,16,18-19,21-25,33-34H,9,11,13-15,17H2,1-6H3/b8-7+,27-26-/t18-,19+,21+,22+,23+,24-,25+,30+,31+,32+/m0/s1. The van der Waals surface area contributed by atoms with Gasteiger partial charge in [0.05, 0.1) is 6.10 Å². The average Bonchev–Trinajstić information content (AvgIpc) is 3.06. The Bertz CT molecular complexity index is 1110. The highest BCUT2D eigenvalue weighted by molar-refractivity contribution is 6.26. The molecule has 202 valence electrons. The molecule has 0 aromatic heterocycles. The third-order valence-corrected chi connectivity index (χ3v) is 10.8. The van der Waals surface area contributed by atoms with Crippen LogP contribution in [0.4, 0.5) is 0 Å². The fourth-order valence-electron chi connectivity index (χ4n) is 8.71. The molecular formula is C32H44O5. The maximum Gasteiger partial charge on any atom is 0.346 e. The molecule has 0 aromatic carbocycles. The Morgan fingerprint density at radius 2 is 1.86 bits per heavy atom. The van der Waals surface area contributed by atoms with Crippen molar-refractivity contribution in [2.75, 3.05) is 0 Å². The Morgan fingerprint density at radius 3 is 2.57 bits per heavy atom. The predicted octanol–water partition coefficient (Wildman–Crippen LogP) is 6.25. The van der Waals surface area contributed by atoms with Gasteiger partial charge in [-0.25, -0.2) is 4.79 Å². The average molecular weight is 509 g/mol. The molecule has 37 heavy (non-hydrogen) atoms. The van der Waals surface area contributed by atoms with Gasteiger partial charge in [0.1, 0.15) is 11.3 Å². The van der Waals surface area contributed by atoms with E-state index in [4.69, 9.17) is 4.74 Å². The highest BCUT2D eigenvalue weighted by Gasteiger charge is 2.66. The van der Waals surface area contributed by atoms with Crippen LogP contribution in [0.15, 0.2) is 47.3 Å². The normalized spacial score (nSPS) is 49.1. The van der Waals surface area contributed by atoms with Crippen LogP contribution in [-0.2, 0) is 14.3 Å². The van der Waals surface area contributed by atoms with E-state index in [-0.39, 0.29) is 40.8 Å². The Labute approximate surface area is 221 Å². The van der Waals surface area contributed by atoms with Crippen LogP contribution >= 0.6 is 0 Å². The number of ether oxygens (including phenoxy) is 1. The molecule has 1 heterocycles. The number of esters is 1. The lowest BCUT2D eigenvalue weighted by molar-refractivity contribution is -0.166. The maximum atomic E-state index is 14.5. The Kier molecular flexibility index (Phi) is 6.41. The van der Waals surface area contributed by atoms with Crippen molar-refractivity contribution in [2.45, 2.75) is 91.8 Å². The van der Waals surface area contributed by atoms with E-state index < -0.39 is 28.5 Å². The summed E-state index contributed by atoms with van der Waals surface area (Å²) in [5, 5.41) is 22.3. The summed E-state index contributed by atoms with van der Waals surface area (Å²) in [6, 6.07) is 0. The monoisotopic (exact) mass is 508 g/mol. The zero-order valence-corrected chi connectivity index (χ0v) is 23.3. The molecule has 1 spiro atoms. The fourth-order valence-corrected chi connectivity index (χ4v) is 8.71. The highest BCUT2D eigenvalue weighted by Crippen LogP contribution is 2.60. The van der Waals surface area contributed by atoms with Crippen molar-refractivity contribution in [3.8, 4) is 0 Å². The molecule has 5 nitrogen and oxygen atoms in total. The molecule has 0 amide bonds. The number of Topliss-reactive ketones (excluding diaryl/α,β-unsaturated/α-hetero) is 1. The molecule has 0 radical (unpaired) electrons. The summed E-state index contributed by atoms with van der Waals surface area (Å²) in [7, 11) is 0. The van der Waals surface area contributed by atoms with Gasteiger partial charge in [-0.1, -0.05) is 70.1 Å². The SMILES string of the molecule is CC1=C[C@@]2(C)C/C=C/[C@@H](C)[C@@H]3C=C[C@@H]4C[C@@H](C)CC[C@H]4[C@]3(C)/C(O)=C3/C(=O)O[C@]2(C[C@H]1C[C@@H](C)O)C3=O. The molecule has 10 atom stereocenters. The summed E-state index contributed by atoms with van der Waals surface area (Å²) in [6.07, 6.45) is 15.0. The molecule has 5 aliphatic rings. The third-order valence-electron chi connectivity index (χ3n) is 10.8. The lowest BCUT2D eigenvalue weighted by Gasteiger charge is -2.52. The van der Waals surface area contributed by atoms with Crippen LogP contribution in [0.5, 0.6) is 0 Å². The molecular weight excluding hydrogens is 464 g/mol. The van der Waals surface area contributed by atoms with E-state index >= 15 is 0 Å². The second-order valence-electron chi connectivity index (χ2n) is 13.4. The number of carbonyl (C=O) groups is 2. The number of fused-ring (bicyclic) bond motifs is 4. The Morgan fingerprint density at radius 1 is 1.14 bits per heavy atom. The van der Waals surface area contributed by atoms with Gasteiger partial charge in [-0.05, 0) is 75.0 Å². The Hall–Kier alpha value is -2.14. The first kappa shape index (κ1) is 26.5. The number of carbonyl (C=O) groups excluding carboxylic acids is 2. The molecule has 4 aliphatic carbocycles. The molecule has 5 rings (SSSR count). The maximum absolute atomic E-state index is 14.5. The number of hydrogen-bond acceptors (Lipinski definition) is 5. The zero-order valence-electron chi connectivity index (χ0n) is 23.3. The zero-order chi connectivity index (χ0) is 26.9. The van der Waals surface area contributed by atoms with Crippen molar-refractivity contribution < 1.29 is 24.5 Å². The van der Waals surface area contributed by atoms with Gasteiger partial charge in [-0.15, -0.1) is 0 Å². The summed E-state index contributed by atoms with van der Waals surface area (Å²) in [5.41, 5.74) is -1.89. The van der Waals surface area contributed by atoms with E-state index in [1.165, 1.54) is 0 Å². The van der Waals surface area contributed by atoms with Gasteiger partial charge in [0.25, 0.3) is 0 Å². The van der Waals surface area contributed by atoms with Gasteiger partial charge < -0.3 is 14.9 Å². The first-order valence-electron chi connectivity index (χ1n) is 14.3. The second-order valence-corrected chi connectivity index (χ2v) is 13.4. The minimum absolute atomic E-state index is 0.0312. The molecule has 0 aromatic rings. The van der Waals surface area contributed by atoms with Gasteiger partial charge in [-0.2, -0.15) is 0 Å². The van der Waals surface area contributed by atoms with Crippen LogP contribution in [0.25, 0.3) is 0 Å². The van der Waals surface area contributed by atoms with E-state index in [9.17, 15) is 19.8 Å². The Balaban J connectivity index is 1.71. The molecule has 1 saturated heterocycles. The topological polar surface area (TPSA) is 83.8 Å². The van der Waals surface area contributed by atoms with Crippen molar-refractivity contribution in [3.05, 3.63) is 47.3 Å². The van der Waals surface area contributed by atoms with Crippen LogP contribution in [-0.4, -0.2) is 33.7 Å². The van der Waals surface area contributed by atoms with Crippen LogP contribution in [0.1, 0.15) is 80.1 Å². The summed E-state index contributed by atoms with van der Waals surface area (Å²) in [5.74, 6) is -0.0319. The molecule has 2 bridgehead atoms. The van der Waals surface area contributed by atoms with Crippen molar-refractivity contribution in [2.24, 2.45) is 46.3 Å². The van der Waals surface area contributed by atoms with E-state index in [1.807, 2.05) is 13.8 Å². The minimum atomic E-state index is -1.39. The number of aliphatic hydroxyl groups excluding tert-OH is 2. The largest absolute Gasteiger partial charge is 0.511 e. The lowest BCUT2D eigenvalue weighted by atomic mass is 9.52. The highest BCUT2D eigenvalue weighted by atomic mass is 16.6. The predicted molar refractivity (Wildman–Crippen MR) is 143 cm³/mol. The van der Waals surface area contributed by atoms with Crippen LogP contribution in [0, 0.1) is 46.3 Å². The first-order valence-corrected chi connectivity index (χ1v) is 14.3. The molecule has 1 aliphatic heterocycles. The molecule has 2 N–H and O–H groups in total. The fraction of sp³-hybridized carbons (Fsp3) is 0.688. The molecule has 0 unspecified atom stereocenters. The van der Waals surface area contributed by atoms with Crippen LogP contribution in [0.2, 0.25) is 0 Å². The van der Waals surface area contributed by atoms with E-state index in [0.29, 0.717) is 31.1 Å². The summed E-state index contributed by atoms with van der Waals surface area (Å²) < 4.78 is 6.15. The van der Waals surface area contributed by atoms with E-state index in [0.717, 1.165) is 24.8 Å². The third kappa shape index (κ3) is 3.82. The summed E-state index contributed by atoms with van der Waals surface area (Å²) >= 11 is 0. The number of aliphatic hydroxyl groups is 2. The van der Waals surface area contributed by atoms with Gasteiger partial charge in [0.15, 0.2) is 5.60 Å². The van der Waals surface area contributed by atoms with Crippen LogP contribution in [0.3, 0.4) is 0 Å². The van der Waals surface area contributed by atoms with E-state index in [2.05, 4.69) is 51.2 Å². The molecule has 1 saturated carbocycles. The first-order chi connectivity index (χ1) is 17.3. The van der Waals surface area contributed by atoms with Crippen molar-refractivity contribution >= 4 is 11.8 Å². The van der Waals surface area contributed by atoms with Gasteiger partial charge in [-0.3, -0.25) is 4.79 Å².